The zero-order valence-electron chi connectivity index (χ0n) is 16.5. The highest BCUT2D eigenvalue weighted by atomic mass is 35.5. The lowest BCUT2D eigenvalue weighted by atomic mass is 10.1. The topological polar surface area (TPSA) is 51.1 Å². The van der Waals surface area contributed by atoms with Crippen molar-refractivity contribution in [3.8, 4) is 11.5 Å². The third-order valence-corrected chi connectivity index (χ3v) is 4.98. The highest BCUT2D eigenvalue weighted by molar-refractivity contribution is 6.34. The molecule has 0 saturated heterocycles. The zero-order valence-corrected chi connectivity index (χ0v) is 17.3. The Morgan fingerprint density at radius 1 is 0.900 bits per heavy atom. The fourth-order valence-corrected chi connectivity index (χ4v) is 3.34. The first-order chi connectivity index (χ1) is 14.6. The van der Waals surface area contributed by atoms with Crippen LogP contribution in [-0.4, -0.2) is 26.0 Å². The fourth-order valence-electron chi connectivity index (χ4n) is 3.21. The maximum atomic E-state index is 13.4. The third kappa shape index (κ3) is 3.80. The molecule has 0 bridgehead atoms. The second-order valence-corrected chi connectivity index (χ2v) is 6.99. The van der Waals surface area contributed by atoms with E-state index in [0.717, 1.165) is 11.1 Å². The molecule has 1 amide bonds. The number of hydrogen-bond donors (Lipinski definition) is 0. The predicted octanol–water partition coefficient (Wildman–Crippen LogP) is 5.19. The van der Waals surface area contributed by atoms with Crippen molar-refractivity contribution in [2.75, 3.05) is 19.1 Å². The number of aliphatic imine (C=N–C) groups is 1. The molecular formula is C24H19ClN2O3. The normalized spacial score (nSPS) is 14.8. The van der Waals surface area contributed by atoms with Gasteiger partial charge in [-0.1, -0.05) is 29.8 Å². The molecule has 0 saturated carbocycles. The van der Waals surface area contributed by atoms with Gasteiger partial charge in [0.15, 0.2) is 0 Å². The van der Waals surface area contributed by atoms with E-state index in [4.69, 9.17) is 21.1 Å². The lowest BCUT2D eigenvalue weighted by Gasteiger charge is -2.19. The molecule has 4 rings (SSSR count). The van der Waals surface area contributed by atoms with Gasteiger partial charge in [0, 0.05) is 16.1 Å². The first kappa shape index (κ1) is 19.7. The molecule has 0 aromatic heterocycles. The smallest absolute Gasteiger partial charge is 0.282 e. The van der Waals surface area contributed by atoms with Crippen LogP contribution in [0.15, 0.2) is 83.5 Å². The summed E-state index contributed by atoms with van der Waals surface area (Å²) in [4.78, 5) is 19.6. The maximum Gasteiger partial charge on any atom is 0.282 e. The Morgan fingerprint density at radius 3 is 2.27 bits per heavy atom. The first-order valence-corrected chi connectivity index (χ1v) is 9.66. The third-order valence-electron chi connectivity index (χ3n) is 4.72. The highest BCUT2D eigenvalue weighted by Gasteiger charge is 2.32. The highest BCUT2D eigenvalue weighted by Crippen LogP contribution is 2.31. The van der Waals surface area contributed by atoms with Gasteiger partial charge in [-0.15, -0.1) is 0 Å². The van der Waals surface area contributed by atoms with Gasteiger partial charge < -0.3 is 9.47 Å². The lowest BCUT2D eigenvalue weighted by molar-refractivity contribution is -0.113. The Labute approximate surface area is 179 Å². The van der Waals surface area contributed by atoms with Gasteiger partial charge >= 0.3 is 0 Å². The number of nitrogens with zero attached hydrogens (tertiary/aromatic N) is 2. The van der Waals surface area contributed by atoms with Crippen molar-refractivity contribution in [1.82, 2.24) is 0 Å². The molecule has 5 nitrogen and oxygen atoms in total. The van der Waals surface area contributed by atoms with Crippen molar-refractivity contribution in [3.05, 3.63) is 94.6 Å². The van der Waals surface area contributed by atoms with E-state index in [-0.39, 0.29) is 5.91 Å². The van der Waals surface area contributed by atoms with Gasteiger partial charge in [0.25, 0.3) is 5.91 Å². The Hall–Kier alpha value is -3.57. The van der Waals surface area contributed by atoms with Gasteiger partial charge in [0.05, 0.1) is 19.9 Å². The van der Waals surface area contributed by atoms with E-state index in [1.807, 2.05) is 60.7 Å². The number of amides is 1. The number of methoxy groups -OCH3 is 2. The number of para-hydroxylation sites is 1. The molecule has 1 heterocycles. The Morgan fingerprint density at radius 2 is 1.60 bits per heavy atom. The minimum Gasteiger partial charge on any atom is -0.497 e. The molecule has 3 aromatic carbocycles. The number of benzene rings is 3. The molecule has 1 aliphatic heterocycles. The minimum atomic E-state index is -0.226. The molecule has 0 atom stereocenters. The fraction of sp³-hybridized carbons (Fsp3) is 0.0833. The maximum absolute atomic E-state index is 13.4. The van der Waals surface area contributed by atoms with Gasteiger partial charge in [0.1, 0.15) is 23.0 Å². The predicted molar refractivity (Wildman–Crippen MR) is 119 cm³/mol. The molecule has 0 N–H and O–H groups in total. The molecule has 1 aliphatic rings. The number of rotatable bonds is 5. The van der Waals surface area contributed by atoms with Crippen LogP contribution in [0.1, 0.15) is 11.1 Å². The first-order valence-electron chi connectivity index (χ1n) is 9.28. The van der Waals surface area contributed by atoms with Crippen molar-refractivity contribution in [2.45, 2.75) is 0 Å². The Bertz CT molecular complexity index is 1140. The van der Waals surface area contributed by atoms with Crippen molar-refractivity contribution in [1.29, 1.82) is 0 Å². The van der Waals surface area contributed by atoms with Crippen molar-refractivity contribution >= 4 is 35.1 Å². The van der Waals surface area contributed by atoms with Gasteiger partial charge in [-0.25, -0.2) is 4.99 Å². The van der Waals surface area contributed by atoms with Crippen LogP contribution < -0.4 is 14.4 Å². The summed E-state index contributed by atoms with van der Waals surface area (Å²) in [6.45, 7) is 0. The second-order valence-electron chi connectivity index (χ2n) is 6.55. The number of amidine groups is 1. The molecular weight excluding hydrogens is 400 g/mol. The molecule has 0 unspecified atom stereocenters. The summed E-state index contributed by atoms with van der Waals surface area (Å²) >= 11 is 6.04. The number of ether oxygens (including phenoxy) is 2. The van der Waals surface area contributed by atoms with Gasteiger partial charge in [-0.05, 0) is 60.7 Å². The van der Waals surface area contributed by atoms with Gasteiger partial charge in [-0.3, -0.25) is 9.69 Å². The van der Waals surface area contributed by atoms with Gasteiger partial charge in [-0.2, -0.15) is 0 Å². The molecule has 3 aromatic rings. The van der Waals surface area contributed by atoms with E-state index in [0.29, 0.717) is 33.7 Å². The summed E-state index contributed by atoms with van der Waals surface area (Å²) in [6.07, 6.45) is 1.74. The van der Waals surface area contributed by atoms with Crippen LogP contribution in [0.4, 0.5) is 5.69 Å². The van der Waals surface area contributed by atoms with Crippen LogP contribution >= 0.6 is 11.6 Å². The second kappa shape index (κ2) is 8.43. The molecule has 30 heavy (non-hydrogen) atoms. The molecule has 0 radical (unpaired) electrons. The van der Waals surface area contributed by atoms with E-state index in [1.165, 1.54) is 0 Å². The average molecular weight is 419 g/mol. The lowest BCUT2D eigenvalue weighted by Crippen LogP contribution is -2.32. The summed E-state index contributed by atoms with van der Waals surface area (Å²) in [5.74, 6) is 1.68. The summed E-state index contributed by atoms with van der Waals surface area (Å²) in [7, 11) is 3.20. The van der Waals surface area contributed by atoms with Gasteiger partial charge in [0.2, 0.25) is 0 Å². The number of halogens is 1. The number of hydrogen-bond acceptors (Lipinski definition) is 4. The SMILES string of the molecule is COc1ccc(N2C(=O)/C(=C\c3ccccc3OC)N=C2c2ccc(Cl)cc2)cc1. The average Bonchev–Trinajstić information content (AvgIpc) is 3.10. The molecule has 0 fully saturated rings. The van der Waals surface area contributed by atoms with Crippen LogP contribution in [0.2, 0.25) is 5.02 Å². The van der Waals surface area contributed by atoms with Crippen molar-refractivity contribution in [3.63, 3.8) is 0 Å². The van der Waals surface area contributed by atoms with Crippen LogP contribution in [-0.2, 0) is 4.79 Å². The Kier molecular flexibility index (Phi) is 5.55. The van der Waals surface area contributed by atoms with E-state index in [2.05, 4.69) is 4.99 Å². The van der Waals surface area contributed by atoms with Crippen LogP contribution in [0.5, 0.6) is 11.5 Å². The molecule has 0 spiro atoms. The molecule has 6 heteroatoms. The van der Waals surface area contributed by atoms with E-state index < -0.39 is 0 Å². The number of anilines is 1. The zero-order chi connectivity index (χ0) is 21.1. The van der Waals surface area contributed by atoms with Crippen LogP contribution in [0.25, 0.3) is 6.08 Å². The van der Waals surface area contributed by atoms with Crippen molar-refractivity contribution in [2.24, 2.45) is 4.99 Å². The number of carbonyl (C=O) groups excluding carboxylic acids is 1. The van der Waals surface area contributed by atoms with Crippen LogP contribution in [0, 0.1) is 0 Å². The summed E-state index contributed by atoms with van der Waals surface area (Å²) < 4.78 is 10.6. The van der Waals surface area contributed by atoms with Crippen molar-refractivity contribution < 1.29 is 14.3 Å². The van der Waals surface area contributed by atoms with E-state index in [1.54, 1.807) is 37.3 Å². The van der Waals surface area contributed by atoms with Crippen LogP contribution in [0.3, 0.4) is 0 Å². The summed E-state index contributed by atoms with van der Waals surface area (Å²) in [5, 5.41) is 0.615. The monoisotopic (exact) mass is 418 g/mol. The van der Waals surface area contributed by atoms with E-state index >= 15 is 0 Å². The molecule has 150 valence electrons. The quantitative estimate of drug-likeness (QED) is 0.535. The number of carbonyl (C=O) groups is 1. The van der Waals surface area contributed by atoms with E-state index in [9.17, 15) is 4.79 Å². The standard InChI is InChI=1S/C24H19ClN2O3/c1-29-20-13-11-19(12-14-20)27-23(16-7-9-18(25)10-8-16)26-21(24(27)28)15-17-5-3-4-6-22(17)30-2/h3-15H,1-2H3/b21-15+. The Balaban J connectivity index is 1.82. The molecule has 0 aliphatic carbocycles. The minimum absolute atomic E-state index is 0.226. The summed E-state index contributed by atoms with van der Waals surface area (Å²) in [5.41, 5.74) is 2.57. The summed E-state index contributed by atoms with van der Waals surface area (Å²) in [6, 6.07) is 22.0. The largest absolute Gasteiger partial charge is 0.497 e.